The molecule has 0 aromatic carbocycles. The molecule has 0 aliphatic heterocycles. The maximum absolute atomic E-state index is 3.74. The molecule has 2 bridgehead atoms. The summed E-state index contributed by atoms with van der Waals surface area (Å²) < 4.78 is 0. The Bertz CT molecular complexity index is 192. The second kappa shape index (κ2) is 2.50. The van der Waals surface area contributed by atoms with E-state index < -0.39 is 0 Å². The normalized spacial score (nSPS) is 42.5. The van der Waals surface area contributed by atoms with Crippen molar-refractivity contribution in [1.29, 1.82) is 0 Å². The number of rotatable bonds is 3. The molecule has 0 atom stereocenters. The van der Waals surface area contributed by atoms with Gasteiger partial charge < -0.3 is 5.32 Å². The molecule has 13 heavy (non-hydrogen) atoms. The van der Waals surface area contributed by atoms with Crippen LogP contribution in [-0.2, 0) is 0 Å². The van der Waals surface area contributed by atoms with Gasteiger partial charge in [0.15, 0.2) is 0 Å². The van der Waals surface area contributed by atoms with Crippen LogP contribution in [0.5, 0.6) is 0 Å². The molecule has 1 nitrogen and oxygen atoms in total. The van der Waals surface area contributed by atoms with Crippen LogP contribution in [0.15, 0.2) is 0 Å². The van der Waals surface area contributed by atoms with E-state index in [9.17, 15) is 0 Å². The summed E-state index contributed by atoms with van der Waals surface area (Å²) in [4.78, 5) is 0. The molecule has 0 radical (unpaired) electrons. The van der Waals surface area contributed by atoms with Crippen LogP contribution in [0.3, 0.4) is 0 Å². The first-order valence-electron chi connectivity index (χ1n) is 5.58. The summed E-state index contributed by atoms with van der Waals surface area (Å²) in [5.41, 5.74) is 1.83. The van der Waals surface area contributed by atoms with Crippen molar-refractivity contribution in [2.75, 3.05) is 6.54 Å². The Morgan fingerprint density at radius 2 is 1.69 bits per heavy atom. The van der Waals surface area contributed by atoms with Gasteiger partial charge in [-0.2, -0.15) is 0 Å². The average Bonchev–Trinajstić information content (AvgIpc) is 1.78. The van der Waals surface area contributed by atoms with Crippen molar-refractivity contribution in [2.24, 2.45) is 10.8 Å². The van der Waals surface area contributed by atoms with Gasteiger partial charge in [-0.05, 0) is 43.1 Å². The third-order valence-corrected chi connectivity index (χ3v) is 3.67. The smallest absolute Gasteiger partial charge is 0.0197 e. The van der Waals surface area contributed by atoms with Crippen LogP contribution in [0.1, 0.15) is 53.4 Å². The topological polar surface area (TPSA) is 12.0 Å². The van der Waals surface area contributed by atoms with Gasteiger partial charge in [-0.25, -0.2) is 0 Å². The highest BCUT2D eigenvalue weighted by atomic mass is 15.1. The summed E-state index contributed by atoms with van der Waals surface area (Å²) in [7, 11) is 0. The zero-order valence-electron chi connectivity index (χ0n) is 9.54. The average molecular weight is 181 g/mol. The van der Waals surface area contributed by atoms with Gasteiger partial charge in [0.1, 0.15) is 0 Å². The summed E-state index contributed by atoms with van der Waals surface area (Å²) in [5.74, 6) is 0. The molecule has 3 aliphatic rings. The molecule has 0 unspecified atom stereocenters. The van der Waals surface area contributed by atoms with Gasteiger partial charge in [-0.1, -0.05) is 27.7 Å². The lowest BCUT2D eigenvalue weighted by atomic mass is 9.40. The summed E-state index contributed by atoms with van der Waals surface area (Å²) in [6.45, 7) is 10.6. The minimum atomic E-state index is 0.487. The molecule has 0 heterocycles. The Labute approximate surface area is 82.3 Å². The Morgan fingerprint density at radius 3 is 2.08 bits per heavy atom. The summed E-state index contributed by atoms with van der Waals surface area (Å²) in [6.07, 6.45) is 5.60. The van der Waals surface area contributed by atoms with Gasteiger partial charge in [0, 0.05) is 5.54 Å². The second-order valence-corrected chi connectivity index (χ2v) is 6.86. The lowest BCUT2D eigenvalue weighted by Crippen LogP contribution is -2.72. The molecular weight excluding hydrogens is 158 g/mol. The molecule has 0 amide bonds. The van der Waals surface area contributed by atoms with Crippen LogP contribution in [0.4, 0.5) is 0 Å². The summed E-state index contributed by atoms with van der Waals surface area (Å²) in [5, 5.41) is 3.74. The fourth-order valence-corrected chi connectivity index (χ4v) is 3.19. The van der Waals surface area contributed by atoms with Crippen LogP contribution >= 0.6 is 0 Å². The molecule has 0 spiro atoms. The molecule has 1 N–H and O–H groups in total. The predicted molar refractivity (Wildman–Crippen MR) is 56.8 cm³/mol. The Hall–Kier alpha value is -0.0400. The highest BCUT2D eigenvalue weighted by Crippen LogP contribution is 2.66. The van der Waals surface area contributed by atoms with Crippen LogP contribution in [0.2, 0.25) is 0 Å². The lowest BCUT2D eigenvalue weighted by molar-refractivity contribution is -0.140. The van der Waals surface area contributed by atoms with Crippen LogP contribution in [0, 0.1) is 10.8 Å². The fraction of sp³-hybridized carbons (Fsp3) is 1.00. The third kappa shape index (κ3) is 1.76. The minimum absolute atomic E-state index is 0.487. The number of nitrogens with one attached hydrogen (secondary N) is 1. The van der Waals surface area contributed by atoms with Gasteiger partial charge >= 0.3 is 0 Å². The molecule has 3 fully saturated rings. The standard InChI is InChI=1S/C12H23N/c1-10(2,3)5-6-13-12-7-11(4,8-12)9-12/h13H,5-9H2,1-4H3. The SMILES string of the molecule is CC(C)(C)CCNC12CC(C)(C1)C2. The van der Waals surface area contributed by atoms with Crippen molar-refractivity contribution in [3.8, 4) is 0 Å². The molecule has 1 heteroatoms. The molecule has 3 saturated carbocycles. The van der Waals surface area contributed by atoms with E-state index in [0.29, 0.717) is 11.0 Å². The maximum Gasteiger partial charge on any atom is 0.0197 e. The second-order valence-electron chi connectivity index (χ2n) is 6.86. The van der Waals surface area contributed by atoms with Crippen LogP contribution in [-0.4, -0.2) is 12.1 Å². The van der Waals surface area contributed by atoms with E-state index in [1.807, 2.05) is 0 Å². The van der Waals surface area contributed by atoms with Gasteiger partial charge in [-0.15, -0.1) is 0 Å². The summed E-state index contributed by atoms with van der Waals surface area (Å²) in [6, 6.07) is 0. The Kier molecular flexibility index (Phi) is 1.83. The molecule has 3 rings (SSSR count). The predicted octanol–water partition coefficient (Wildman–Crippen LogP) is 2.95. The zero-order valence-corrected chi connectivity index (χ0v) is 9.54. The van der Waals surface area contributed by atoms with Crippen molar-refractivity contribution >= 4 is 0 Å². The van der Waals surface area contributed by atoms with Crippen molar-refractivity contribution in [3.63, 3.8) is 0 Å². The molecule has 3 aliphatic carbocycles. The quantitative estimate of drug-likeness (QED) is 0.706. The highest BCUT2D eigenvalue weighted by molar-refractivity contribution is 5.20. The number of hydrogen-bond acceptors (Lipinski definition) is 1. The van der Waals surface area contributed by atoms with Gasteiger partial charge in [0.05, 0.1) is 0 Å². The molecule has 76 valence electrons. The van der Waals surface area contributed by atoms with Gasteiger partial charge in [0.25, 0.3) is 0 Å². The van der Waals surface area contributed by atoms with E-state index in [2.05, 4.69) is 33.0 Å². The van der Waals surface area contributed by atoms with E-state index in [1.165, 1.54) is 32.2 Å². The van der Waals surface area contributed by atoms with Crippen LogP contribution in [0.25, 0.3) is 0 Å². The Morgan fingerprint density at radius 1 is 1.15 bits per heavy atom. The van der Waals surface area contributed by atoms with E-state index in [0.717, 1.165) is 5.41 Å². The first kappa shape index (κ1) is 9.51. The largest absolute Gasteiger partial charge is 0.311 e. The van der Waals surface area contributed by atoms with E-state index >= 15 is 0 Å². The first-order valence-corrected chi connectivity index (χ1v) is 5.58. The molecular formula is C12H23N. The first-order chi connectivity index (χ1) is 5.83. The van der Waals surface area contributed by atoms with Crippen molar-refractivity contribution in [3.05, 3.63) is 0 Å². The van der Waals surface area contributed by atoms with Gasteiger partial charge in [0.2, 0.25) is 0 Å². The molecule has 0 aromatic heterocycles. The molecule has 0 saturated heterocycles. The van der Waals surface area contributed by atoms with E-state index in [4.69, 9.17) is 0 Å². The highest BCUT2D eigenvalue weighted by Gasteiger charge is 2.64. The maximum atomic E-state index is 3.74. The fourth-order valence-electron chi connectivity index (χ4n) is 3.19. The third-order valence-electron chi connectivity index (χ3n) is 3.67. The van der Waals surface area contributed by atoms with Gasteiger partial charge in [-0.3, -0.25) is 0 Å². The van der Waals surface area contributed by atoms with Crippen molar-refractivity contribution < 1.29 is 0 Å². The van der Waals surface area contributed by atoms with Crippen molar-refractivity contribution in [2.45, 2.75) is 58.9 Å². The van der Waals surface area contributed by atoms with E-state index in [-0.39, 0.29) is 0 Å². The lowest BCUT2D eigenvalue weighted by Gasteiger charge is -2.70. The zero-order chi connectivity index (χ0) is 9.74. The van der Waals surface area contributed by atoms with E-state index in [1.54, 1.807) is 0 Å². The molecule has 0 aromatic rings. The van der Waals surface area contributed by atoms with Crippen LogP contribution < -0.4 is 5.32 Å². The van der Waals surface area contributed by atoms with Crippen molar-refractivity contribution in [1.82, 2.24) is 5.32 Å². The Balaban J connectivity index is 1.66. The summed E-state index contributed by atoms with van der Waals surface area (Å²) >= 11 is 0. The number of hydrogen-bond donors (Lipinski definition) is 1. The minimum Gasteiger partial charge on any atom is -0.311 e. The monoisotopic (exact) mass is 181 g/mol.